The molecule has 0 fully saturated rings. The van der Waals surface area contributed by atoms with Crippen molar-refractivity contribution in [2.45, 2.75) is 13.5 Å². The molecule has 0 bridgehead atoms. The molecule has 0 aliphatic carbocycles. The summed E-state index contributed by atoms with van der Waals surface area (Å²) in [5.74, 6) is 0.197. The number of rotatable bonds is 4. The zero-order valence-electron chi connectivity index (χ0n) is 13.7. The number of nitrogens with zero attached hydrogens (tertiary/aromatic N) is 2. The van der Waals surface area contributed by atoms with Crippen molar-refractivity contribution in [2.24, 2.45) is 0 Å². The molecule has 0 aliphatic heterocycles. The standard InChI is InChI=1S/C20H16N2O3/c1-14-18(12-21-22(14)16-8-3-2-4-9-16)20(23)24-13-17-11-15-7-5-6-10-19(15)25-17/h2-12H,13H2,1H3. The molecule has 4 rings (SSSR count). The third kappa shape index (κ3) is 2.92. The first-order valence-corrected chi connectivity index (χ1v) is 7.97. The maximum Gasteiger partial charge on any atom is 0.342 e. The van der Waals surface area contributed by atoms with E-state index in [-0.39, 0.29) is 6.61 Å². The first kappa shape index (κ1) is 15.2. The van der Waals surface area contributed by atoms with Crippen molar-refractivity contribution in [3.63, 3.8) is 0 Å². The number of aromatic nitrogens is 2. The van der Waals surface area contributed by atoms with Crippen molar-refractivity contribution in [2.75, 3.05) is 0 Å². The molecule has 2 aromatic carbocycles. The van der Waals surface area contributed by atoms with Gasteiger partial charge in [0.25, 0.3) is 0 Å². The molecule has 2 aromatic heterocycles. The van der Waals surface area contributed by atoms with E-state index in [2.05, 4.69) is 5.10 Å². The topological polar surface area (TPSA) is 57.3 Å². The lowest BCUT2D eigenvalue weighted by Gasteiger charge is -2.05. The van der Waals surface area contributed by atoms with Crippen LogP contribution in [-0.2, 0) is 11.3 Å². The third-order valence-corrected chi connectivity index (χ3v) is 4.05. The summed E-state index contributed by atoms with van der Waals surface area (Å²) in [4.78, 5) is 12.4. The lowest BCUT2D eigenvalue weighted by atomic mass is 10.2. The van der Waals surface area contributed by atoms with Crippen molar-refractivity contribution >= 4 is 16.9 Å². The summed E-state index contributed by atoms with van der Waals surface area (Å²) in [6.07, 6.45) is 1.53. The number of carbonyl (C=O) groups is 1. The second-order valence-corrected chi connectivity index (χ2v) is 5.72. The maximum atomic E-state index is 12.4. The van der Waals surface area contributed by atoms with Gasteiger partial charge in [0, 0.05) is 5.39 Å². The van der Waals surface area contributed by atoms with E-state index in [1.165, 1.54) is 6.20 Å². The lowest BCUT2D eigenvalue weighted by Crippen LogP contribution is -2.07. The molecular formula is C20H16N2O3. The molecule has 0 saturated heterocycles. The summed E-state index contributed by atoms with van der Waals surface area (Å²) in [7, 11) is 0. The number of hydrogen-bond acceptors (Lipinski definition) is 4. The van der Waals surface area contributed by atoms with Gasteiger partial charge >= 0.3 is 5.97 Å². The number of carbonyl (C=O) groups excluding carboxylic acids is 1. The van der Waals surface area contributed by atoms with Crippen LogP contribution < -0.4 is 0 Å². The fraction of sp³-hybridized carbons (Fsp3) is 0.100. The van der Waals surface area contributed by atoms with E-state index in [0.29, 0.717) is 11.3 Å². The highest BCUT2D eigenvalue weighted by Crippen LogP contribution is 2.20. The predicted molar refractivity (Wildman–Crippen MR) is 93.6 cm³/mol. The Labute approximate surface area is 144 Å². The highest BCUT2D eigenvalue weighted by Gasteiger charge is 2.17. The molecule has 4 aromatic rings. The summed E-state index contributed by atoms with van der Waals surface area (Å²) < 4.78 is 12.8. The molecule has 2 heterocycles. The molecule has 124 valence electrons. The van der Waals surface area contributed by atoms with Crippen molar-refractivity contribution < 1.29 is 13.9 Å². The van der Waals surface area contributed by atoms with Gasteiger partial charge in [-0.1, -0.05) is 36.4 Å². The van der Waals surface area contributed by atoms with E-state index in [1.807, 2.05) is 67.6 Å². The number of fused-ring (bicyclic) bond motifs is 1. The SMILES string of the molecule is Cc1c(C(=O)OCc2cc3ccccc3o2)cnn1-c1ccccc1. The Bertz CT molecular complexity index is 998. The molecule has 5 nitrogen and oxygen atoms in total. The van der Waals surface area contributed by atoms with Crippen LogP contribution in [0, 0.1) is 6.92 Å². The molecule has 0 amide bonds. The predicted octanol–water partition coefficient (Wildman–Crippen LogP) is 4.28. The zero-order valence-corrected chi connectivity index (χ0v) is 13.7. The van der Waals surface area contributed by atoms with E-state index < -0.39 is 5.97 Å². The van der Waals surface area contributed by atoms with Crippen molar-refractivity contribution in [3.05, 3.63) is 83.9 Å². The van der Waals surface area contributed by atoms with Crippen LogP contribution in [-0.4, -0.2) is 15.7 Å². The smallest absolute Gasteiger partial charge is 0.342 e. The fourth-order valence-corrected chi connectivity index (χ4v) is 2.76. The minimum absolute atomic E-state index is 0.0868. The van der Waals surface area contributed by atoms with Crippen LogP contribution in [0.15, 0.2) is 71.3 Å². The highest BCUT2D eigenvalue weighted by atomic mass is 16.5. The molecule has 0 atom stereocenters. The average Bonchev–Trinajstić information content (AvgIpc) is 3.23. The Balaban J connectivity index is 1.51. The fourth-order valence-electron chi connectivity index (χ4n) is 2.76. The Kier molecular flexibility index (Phi) is 3.82. The largest absolute Gasteiger partial charge is 0.457 e. The van der Waals surface area contributed by atoms with Crippen LogP contribution in [0.25, 0.3) is 16.7 Å². The normalized spacial score (nSPS) is 10.9. The quantitative estimate of drug-likeness (QED) is 0.523. The van der Waals surface area contributed by atoms with Crippen molar-refractivity contribution in [1.29, 1.82) is 0 Å². The van der Waals surface area contributed by atoms with E-state index in [9.17, 15) is 4.79 Å². The van der Waals surface area contributed by atoms with Gasteiger partial charge in [0.2, 0.25) is 0 Å². The minimum atomic E-state index is -0.417. The van der Waals surface area contributed by atoms with E-state index in [4.69, 9.17) is 9.15 Å². The van der Waals surface area contributed by atoms with Crippen LogP contribution in [0.5, 0.6) is 0 Å². The molecule has 5 heteroatoms. The van der Waals surface area contributed by atoms with Gasteiger partial charge < -0.3 is 9.15 Å². The molecule has 0 saturated carbocycles. The lowest BCUT2D eigenvalue weighted by molar-refractivity contribution is 0.0446. The molecule has 0 aliphatic rings. The molecule has 0 spiro atoms. The molecule has 25 heavy (non-hydrogen) atoms. The number of furan rings is 1. The monoisotopic (exact) mass is 332 g/mol. The Hall–Kier alpha value is -3.34. The third-order valence-electron chi connectivity index (χ3n) is 4.05. The first-order valence-electron chi connectivity index (χ1n) is 7.97. The summed E-state index contributed by atoms with van der Waals surface area (Å²) in [6.45, 7) is 1.93. The van der Waals surface area contributed by atoms with Gasteiger partial charge in [-0.05, 0) is 31.2 Å². The van der Waals surface area contributed by atoms with Crippen molar-refractivity contribution in [1.82, 2.24) is 9.78 Å². The summed E-state index contributed by atoms with van der Waals surface area (Å²) in [5.41, 5.74) is 2.86. The van der Waals surface area contributed by atoms with Crippen LogP contribution in [0.1, 0.15) is 21.8 Å². The Morgan fingerprint density at radius 3 is 2.68 bits per heavy atom. The van der Waals surface area contributed by atoms with Crippen LogP contribution in [0.4, 0.5) is 0 Å². The second kappa shape index (κ2) is 6.28. The zero-order chi connectivity index (χ0) is 17.2. The van der Waals surface area contributed by atoms with Gasteiger partial charge in [-0.2, -0.15) is 5.10 Å². The maximum absolute atomic E-state index is 12.4. The van der Waals surface area contributed by atoms with Gasteiger partial charge in [-0.25, -0.2) is 9.48 Å². The van der Waals surface area contributed by atoms with Crippen LogP contribution in [0.3, 0.4) is 0 Å². The first-order chi connectivity index (χ1) is 12.2. The second-order valence-electron chi connectivity index (χ2n) is 5.72. The number of hydrogen-bond donors (Lipinski definition) is 0. The Morgan fingerprint density at radius 2 is 1.88 bits per heavy atom. The van der Waals surface area contributed by atoms with Gasteiger partial charge in [-0.3, -0.25) is 0 Å². The van der Waals surface area contributed by atoms with Gasteiger partial charge in [0.15, 0.2) is 0 Å². The van der Waals surface area contributed by atoms with E-state index in [1.54, 1.807) is 4.68 Å². The minimum Gasteiger partial charge on any atom is -0.457 e. The number of benzene rings is 2. The van der Waals surface area contributed by atoms with Crippen molar-refractivity contribution in [3.8, 4) is 5.69 Å². The molecular weight excluding hydrogens is 316 g/mol. The van der Waals surface area contributed by atoms with E-state index in [0.717, 1.165) is 22.4 Å². The summed E-state index contributed by atoms with van der Waals surface area (Å²) in [5, 5.41) is 5.28. The number of para-hydroxylation sites is 2. The Morgan fingerprint density at radius 1 is 1.12 bits per heavy atom. The summed E-state index contributed by atoms with van der Waals surface area (Å²) in [6, 6.07) is 19.2. The summed E-state index contributed by atoms with van der Waals surface area (Å²) >= 11 is 0. The highest BCUT2D eigenvalue weighted by molar-refractivity contribution is 5.90. The number of ether oxygens (including phenoxy) is 1. The van der Waals surface area contributed by atoms with Crippen LogP contribution >= 0.6 is 0 Å². The van der Waals surface area contributed by atoms with Gasteiger partial charge in [-0.15, -0.1) is 0 Å². The van der Waals surface area contributed by atoms with Crippen LogP contribution in [0.2, 0.25) is 0 Å². The molecule has 0 radical (unpaired) electrons. The van der Waals surface area contributed by atoms with Gasteiger partial charge in [0.05, 0.1) is 17.6 Å². The van der Waals surface area contributed by atoms with Gasteiger partial charge in [0.1, 0.15) is 23.5 Å². The molecule has 0 unspecified atom stereocenters. The number of esters is 1. The average molecular weight is 332 g/mol. The van der Waals surface area contributed by atoms with E-state index >= 15 is 0 Å². The molecule has 0 N–H and O–H groups in total.